The summed E-state index contributed by atoms with van der Waals surface area (Å²) >= 11 is 0. The van der Waals surface area contributed by atoms with Crippen LogP contribution in [0.15, 0.2) is 78.9 Å². The molecule has 0 radical (unpaired) electrons. The Bertz CT molecular complexity index is 950. The van der Waals surface area contributed by atoms with Crippen LogP contribution in [-0.2, 0) is 4.79 Å². The van der Waals surface area contributed by atoms with Gasteiger partial charge < -0.3 is 4.90 Å². The van der Waals surface area contributed by atoms with Crippen LogP contribution in [0.25, 0.3) is 0 Å². The summed E-state index contributed by atoms with van der Waals surface area (Å²) in [5, 5.41) is 12.5. The van der Waals surface area contributed by atoms with Crippen LogP contribution in [0.2, 0.25) is 0 Å². The number of amides is 1. The molecule has 0 spiro atoms. The highest BCUT2D eigenvalue weighted by atomic mass is 16.2. The van der Waals surface area contributed by atoms with Gasteiger partial charge in [0.15, 0.2) is 0 Å². The number of rotatable bonds is 8. The summed E-state index contributed by atoms with van der Waals surface area (Å²) in [5.74, 6) is -0.0490. The molecule has 1 N–H and O–H groups in total. The van der Waals surface area contributed by atoms with Crippen molar-refractivity contribution in [2.24, 2.45) is 0 Å². The Morgan fingerprint density at radius 1 is 0.933 bits per heavy atom. The van der Waals surface area contributed by atoms with Gasteiger partial charge >= 0.3 is 0 Å². The largest absolute Gasteiger partial charge is 0.310 e. The molecular weight excluding hydrogens is 370 g/mol. The minimum atomic E-state index is -0.0894. The molecule has 3 aromatic carbocycles. The molecule has 0 fully saturated rings. The number of nitriles is 1. The van der Waals surface area contributed by atoms with E-state index in [2.05, 4.69) is 41.7 Å². The average molecular weight is 398 g/mol. The van der Waals surface area contributed by atoms with E-state index in [4.69, 9.17) is 5.26 Å². The van der Waals surface area contributed by atoms with Crippen molar-refractivity contribution in [2.75, 3.05) is 18.0 Å². The Kier molecular flexibility index (Phi) is 7.37. The molecule has 30 heavy (non-hydrogen) atoms. The zero-order valence-corrected chi connectivity index (χ0v) is 17.5. The van der Waals surface area contributed by atoms with Crippen LogP contribution < -0.4 is 10.2 Å². The maximum Gasteiger partial charge on any atom is 0.240 e. The van der Waals surface area contributed by atoms with E-state index in [9.17, 15) is 4.79 Å². The molecule has 4 nitrogen and oxygen atoms in total. The topological polar surface area (TPSA) is 56.1 Å². The van der Waals surface area contributed by atoms with Crippen LogP contribution in [0.4, 0.5) is 5.69 Å². The molecule has 0 unspecified atom stereocenters. The second kappa shape index (κ2) is 10.4. The normalized spacial score (nSPS) is 10.6. The summed E-state index contributed by atoms with van der Waals surface area (Å²) in [6.45, 7) is 4.58. The first-order chi connectivity index (χ1) is 14.6. The minimum Gasteiger partial charge on any atom is -0.310 e. The second-order valence-electron chi connectivity index (χ2n) is 7.43. The standard InChI is InChI=1S/C26H27N3O/c1-20-16-21(2)18-24(17-20)29(15-9-14-27)25(30)19-28-26(22-10-5-3-6-11-22)23-12-7-4-8-13-23/h3-8,10-13,16-18,26,28H,9,15,19H2,1-2H3. The fourth-order valence-electron chi connectivity index (χ4n) is 3.67. The minimum absolute atomic E-state index is 0.0490. The van der Waals surface area contributed by atoms with Gasteiger partial charge in [0, 0.05) is 12.2 Å². The molecule has 0 aliphatic rings. The van der Waals surface area contributed by atoms with E-state index in [1.165, 1.54) is 0 Å². The summed E-state index contributed by atoms with van der Waals surface area (Å²) in [5.41, 5.74) is 5.24. The lowest BCUT2D eigenvalue weighted by Gasteiger charge is -2.25. The zero-order valence-electron chi connectivity index (χ0n) is 17.5. The van der Waals surface area contributed by atoms with Gasteiger partial charge in [-0.2, -0.15) is 5.26 Å². The summed E-state index contributed by atoms with van der Waals surface area (Å²) in [7, 11) is 0. The molecular formula is C26H27N3O. The Morgan fingerprint density at radius 3 is 1.97 bits per heavy atom. The quantitative estimate of drug-likeness (QED) is 0.586. The van der Waals surface area contributed by atoms with Crippen LogP contribution in [0, 0.1) is 25.2 Å². The van der Waals surface area contributed by atoms with Crippen molar-refractivity contribution < 1.29 is 4.79 Å². The van der Waals surface area contributed by atoms with Crippen molar-refractivity contribution >= 4 is 11.6 Å². The SMILES string of the molecule is Cc1cc(C)cc(N(CCC#N)C(=O)CNC(c2ccccc2)c2ccccc2)c1. The Labute approximate surface area is 178 Å². The predicted molar refractivity (Wildman–Crippen MR) is 121 cm³/mol. The van der Waals surface area contributed by atoms with E-state index in [0.29, 0.717) is 13.0 Å². The van der Waals surface area contributed by atoms with E-state index in [-0.39, 0.29) is 18.5 Å². The van der Waals surface area contributed by atoms with Crippen molar-refractivity contribution in [1.82, 2.24) is 5.32 Å². The Hall–Kier alpha value is -3.42. The fraction of sp³-hybridized carbons (Fsp3) is 0.231. The van der Waals surface area contributed by atoms with Gasteiger partial charge in [-0.25, -0.2) is 0 Å². The summed E-state index contributed by atoms with van der Waals surface area (Å²) in [6, 6.07) is 28.4. The molecule has 0 aliphatic heterocycles. The number of anilines is 1. The van der Waals surface area contributed by atoms with Gasteiger partial charge in [-0.05, 0) is 48.2 Å². The molecule has 0 saturated heterocycles. The first-order valence-electron chi connectivity index (χ1n) is 10.2. The third kappa shape index (κ3) is 5.56. The molecule has 152 valence electrons. The molecule has 0 saturated carbocycles. The molecule has 4 heteroatoms. The van der Waals surface area contributed by atoms with Crippen LogP contribution in [0.1, 0.15) is 34.7 Å². The highest BCUT2D eigenvalue weighted by Crippen LogP contribution is 2.23. The average Bonchev–Trinajstić information content (AvgIpc) is 2.75. The van der Waals surface area contributed by atoms with E-state index < -0.39 is 0 Å². The van der Waals surface area contributed by atoms with Gasteiger partial charge in [0.25, 0.3) is 0 Å². The highest BCUT2D eigenvalue weighted by Gasteiger charge is 2.19. The number of aryl methyl sites for hydroxylation is 2. The van der Waals surface area contributed by atoms with Crippen molar-refractivity contribution in [3.63, 3.8) is 0 Å². The van der Waals surface area contributed by atoms with E-state index in [1.807, 2.05) is 62.4 Å². The van der Waals surface area contributed by atoms with Gasteiger partial charge in [-0.15, -0.1) is 0 Å². The van der Waals surface area contributed by atoms with E-state index in [1.54, 1.807) is 4.90 Å². The lowest BCUT2D eigenvalue weighted by Crippen LogP contribution is -2.40. The summed E-state index contributed by atoms with van der Waals surface area (Å²) < 4.78 is 0. The van der Waals surface area contributed by atoms with Crippen LogP contribution in [-0.4, -0.2) is 19.0 Å². The van der Waals surface area contributed by atoms with Crippen molar-refractivity contribution in [3.05, 3.63) is 101 Å². The Balaban J connectivity index is 1.82. The lowest BCUT2D eigenvalue weighted by atomic mass is 9.99. The number of nitrogens with zero attached hydrogens (tertiary/aromatic N) is 2. The van der Waals surface area contributed by atoms with Gasteiger partial charge in [-0.1, -0.05) is 66.7 Å². The van der Waals surface area contributed by atoms with E-state index >= 15 is 0 Å². The zero-order chi connectivity index (χ0) is 21.3. The smallest absolute Gasteiger partial charge is 0.240 e. The number of carbonyl (C=O) groups is 1. The number of carbonyl (C=O) groups excluding carboxylic acids is 1. The molecule has 3 aromatic rings. The molecule has 3 rings (SSSR count). The third-order valence-electron chi connectivity index (χ3n) is 4.99. The monoisotopic (exact) mass is 397 g/mol. The number of benzene rings is 3. The predicted octanol–water partition coefficient (Wildman–Crippen LogP) is 4.93. The van der Waals surface area contributed by atoms with Crippen molar-refractivity contribution in [3.8, 4) is 6.07 Å². The molecule has 0 aromatic heterocycles. The molecule has 1 amide bonds. The number of hydrogen-bond donors (Lipinski definition) is 1. The van der Waals surface area contributed by atoms with Crippen LogP contribution in [0.5, 0.6) is 0 Å². The maximum absolute atomic E-state index is 13.2. The van der Waals surface area contributed by atoms with Gasteiger partial charge in [-0.3, -0.25) is 10.1 Å². The fourth-order valence-corrected chi connectivity index (χ4v) is 3.67. The molecule has 0 heterocycles. The highest BCUT2D eigenvalue weighted by molar-refractivity contribution is 5.95. The summed E-state index contributed by atoms with van der Waals surface area (Å²) in [4.78, 5) is 14.9. The van der Waals surface area contributed by atoms with Crippen LogP contribution in [0.3, 0.4) is 0 Å². The molecule has 0 atom stereocenters. The summed E-state index contributed by atoms with van der Waals surface area (Å²) in [6.07, 6.45) is 0.291. The van der Waals surface area contributed by atoms with Gasteiger partial charge in [0.2, 0.25) is 5.91 Å². The number of hydrogen-bond acceptors (Lipinski definition) is 3. The third-order valence-corrected chi connectivity index (χ3v) is 4.99. The van der Waals surface area contributed by atoms with Crippen molar-refractivity contribution in [2.45, 2.75) is 26.3 Å². The van der Waals surface area contributed by atoms with E-state index in [0.717, 1.165) is 27.9 Å². The first-order valence-corrected chi connectivity index (χ1v) is 10.2. The van der Waals surface area contributed by atoms with Gasteiger partial charge in [0.05, 0.1) is 25.1 Å². The maximum atomic E-state index is 13.2. The molecule has 0 aliphatic carbocycles. The van der Waals surface area contributed by atoms with Crippen LogP contribution >= 0.6 is 0 Å². The molecule has 0 bridgehead atoms. The van der Waals surface area contributed by atoms with Crippen molar-refractivity contribution in [1.29, 1.82) is 5.26 Å². The Morgan fingerprint density at radius 2 is 1.47 bits per heavy atom. The first kappa shape index (κ1) is 21.3. The second-order valence-corrected chi connectivity index (χ2v) is 7.43. The number of nitrogens with one attached hydrogen (secondary N) is 1. The van der Waals surface area contributed by atoms with Gasteiger partial charge in [0.1, 0.15) is 0 Å². The lowest BCUT2D eigenvalue weighted by molar-refractivity contribution is -0.117.